The first-order chi connectivity index (χ1) is 10.9. The third-order valence-corrected chi connectivity index (χ3v) is 5.15. The van der Waals surface area contributed by atoms with Crippen molar-refractivity contribution >= 4 is 15.7 Å². The van der Waals surface area contributed by atoms with E-state index in [4.69, 9.17) is 4.74 Å². The summed E-state index contributed by atoms with van der Waals surface area (Å²) in [4.78, 5) is 0.239. The number of nitrogens with one attached hydrogen (secondary N) is 1. The fourth-order valence-corrected chi connectivity index (χ4v) is 3.46. The van der Waals surface area contributed by atoms with Crippen molar-refractivity contribution in [2.45, 2.75) is 38.0 Å². The van der Waals surface area contributed by atoms with Gasteiger partial charge in [0.25, 0.3) is 10.0 Å². The summed E-state index contributed by atoms with van der Waals surface area (Å²) < 4.78 is 32.9. The molecule has 0 bridgehead atoms. The first-order valence-electron chi connectivity index (χ1n) is 7.67. The van der Waals surface area contributed by atoms with E-state index in [2.05, 4.69) is 18.6 Å². The van der Waals surface area contributed by atoms with Gasteiger partial charge in [0.1, 0.15) is 5.75 Å². The fourth-order valence-electron chi connectivity index (χ4n) is 2.35. The number of rotatable bonds is 6. The highest BCUT2D eigenvalue weighted by Crippen LogP contribution is 2.25. The molecule has 23 heavy (non-hydrogen) atoms. The molecule has 0 heterocycles. The predicted molar refractivity (Wildman–Crippen MR) is 93.7 cm³/mol. The molecule has 0 radical (unpaired) electrons. The molecule has 0 spiro atoms. The number of hydrogen-bond donors (Lipinski definition) is 1. The average Bonchev–Trinajstić information content (AvgIpc) is 2.54. The van der Waals surface area contributed by atoms with E-state index in [-0.39, 0.29) is 4.90 Å². The Kier molecular flexibility index (Phi) is 5.31. The standard InChI is InChI=1S/C18H23NO3S/c1-5-14-12-17(10-11-18(14)22-4)23(20,21)19-16-8-6-15(7-9-16)13(2)3/h6-13,19H,5H2,1-4H3. The number of methoxy groups -OCH3 is 1. The van der Waals surface area contributed by atoms with E-state index in [0.717, 1.165) is 5.56 Å². The van der Waals surface area contributed by atoms with Gasteiger partial charge in [0.2, 0.25) is 0 Å². The van der Waals surface area contributed by atoms with Gasteiger partial charge in [0.15, 0.2) is 0 Å². The number of ether oxygens (including phenoxy) is 1. The van der Waals surface area contributed by atoms with Crippen LogP contribution < -0.4 is 9.46 Å². The molecule has 2 aromatic carbocycles. The van der Waals surface area contributed by atoms with Gasteiger partial charge in [-0.25, -0.2) is 8.42 Å². The van der Waals surface area contributed by atoms with Crippen molar-refractivity contribution in [1.29, 1.82) is 0 Å². The molecule has 2 rings (SSSR count). The molecule has 0 fully saturated rings. The van der Waals surface area contributed by atoms with Gasteiger partial charge in [-0.15, -0.1) is 0 Å². The zero-order valence-corrected chi connectivity index (χ0v) is 14.8. The van der Waals surface area contributed by atoms with Crippen LogP contribution in [0.3, 0.4) is 0 Å². The quantitative estimate of drug-likeness (QED) is 0.862. The van der Waals surface area contributed by atoms with E-state index in [9.17, 15) is 8.42 Å². The van der Waals surface area contributed by atoms with Crippen molar-refractivity contribution in [2.75, 3.05) is 11.8 Å². The normalized spacial score (nSPS) is 11.5. The maximum absolute atomic E-state index is 12.5. The lowest BCUT2D eigenvalue weighted by Gasteiger charge is -2.12. The maximum Gasteiger partial charge on any atom is 0.261 e. The van der Waals surface area contributed by atoms with Crippen molar-refractivity contribution in [2.24, 2.45) is 0 Å². The van der Waals surface area contributed by atoms with Crippen LogP contribution in [0.4, 0.5) is 5.69 Å². The molecule has 0 aliphatic rings. The second-order valence-corrected chi connectivity index (χ2v) is 7.39. The summed E-state index contributed by atoms with van der Waals surface area (Å²) >= 11 is 0. The summed E-state index contributed by atoms with van der Waals surface area (Å²) in [6.45, 7) is 6.16. The lowest BCUT2D eigenvalue weighted by atomic mass is 10.0. The molecule has 1 N–H and O–H groups in total. The molecule has 0 saturated heterocycles. The minimum atomic E-state index is -3.61. The van der Waals surface area contributed by atoms with Crippen molar-refractivity contribution in [3.05, 3.63) is 53.6 Å². The molecule has 124 valence electrons. The summed E-state index contributed by atoms with van der Waals surface area (Å²) in [6, 6.07) is 12.4. The van der Waals surface area contributed by atoms with Crippen LogP contribution in [0.5, 0.6) is 5.75 Å². The van der Waals surface area contributed by atoms with Crippen LogP contribution in [-0.2, 0) is 16.4 Å². The zero-order valence-electron chi connectivity index (χ0n) is 14.0. The molecule has 4 nitrogen and oxygen atoms in total. The third-order valence-electron chi connectivity index (χ3n) is 3.77. The van der Waals surface area contributed by atoms with Crippen LogP contribution >= 0.6 is 0 Å². The molecule has 0 unspecified atom stereocenters. The van der Waals surface area contributed by atoms with Gasteiger partial charge in [0, 0.05) is 5.69 Å². The predicted octanol–water partition coefficient (Wildman–Crippen LogP) is 4.18. The second kappa shape index (κ2) is 7.04. The second-order valence-electron chi connectivity index (χ2n) is 5.71. The Morgan fingerprint density at radius 1 is 1.09 bits per heavy atom. The average molecular weight is 333 g/mol. The topological polar surface area (TPSA) is 55.4 Å². The molecule has 0 amide bonds. The van der Waals surface area contributed by atoms with E-state index in [1.54, 1.807) is 37.4 Å². The molecular weight excluding hydrogens is 310 g/mol. The Morgan fingerprint density at radius 3 is 2.26 bits per heavy atom. The van der Waals surface area contributed by atoms with Crippen molar-refractivity contribution in [3.63, 3.8) is 0 Å². The lowest BCUT2D eigenvalue weighted by molar-refractivity contribution is 0.409. The molecule has 0 aliphatic carbocycles. The van der Waals surface area contributed by atoms with E-state index in [0.29, 0.717) is 23.8 Å². The van der Waals surface area contributed by atoms with Crippen LogP contribution in [0.25, 0.3) is 0 Å². The van der Waals surface area contributed by atoms with Gasteiger partial charge >= 0.3 is 0 Å². The van der Waals surface area contributed by atoms with Crippen LogP contribution in [0.1, 0.15) is 37.8 Å². The first-order valence-corrected chi connectivity index (χ1v) is 9.15. The fraction of sp³-hybridized carbons (Fsp3) is 0.333. The van der Waals surface area contributed by atoms with E-state index in [1.807, 2.05) is 19.1 Å². The van der Waals surface area contributed by atoms with Gasteiger partial charge in [-0.05, 0) is 53.8 Å². The summed E-state index contributed by atoms with van der Waals surface area (Å²) in [5.41, 5.74) is 2.60. The number of benzene rings is 2. The largest absolute Gasteiger partial charge is 0.496 e. The van der Waals surface area contributed by atoms with Gasteiger partial charge in [-0.1, -0.05) is 32.9 Å². The first kappa shape index (κ1) is 17.3. The Balaban J connectivity index is 2.28. The molecule has 0 atom stereocenters. The number of aryl methyl sites for hydroxylation is 1. The molecule has 5 heteroatoms. The summed E-state index contributed by atoms with van der Waals surface area (Å²) in [6.07, 6.45) is 0.704. The highest BCUT2D eigenvalue weighted by molar-refractivity contribution is 7.92. The number of sulfonamides is 1. The smallest absolute Gasteiger partial charge is 0.261 e. The van der Waals surface area contributed by atoms with E-state index in [1.165, 1.54) is 5.56 Å². The van der Waals surface area contributed by atoms with E-state index >= 15 is 0 Å². The molecule has 0 saturated carbocycles. The van der Waals surface area contributed by atoms with Crippen molar-refractivity contribution in [3.8, 4) is 5.75 Å². The number of anilines is 1. The van der Waals surface area contributed by atoms with Gasteiger partial charge < -0.3 is 4.74 Å². The lowest BCUT2D eigenvalue weighted by Crippen LogP contribution is -2.13. The molecular formula is C18H23NO3S. The summed E-state index contributed by atoms with van der Waals surface area (Å²) in [5.74, 6) is 1.11. The summed E-state index contributed by atoms with van der Waals surface area (Å²) in [7, 11) is -2.03. The maximum atomic E-state index is 12.5. The Bertz CT molecular complexity index is 765. The minimum absolute atomic E-state index is 0.239. The Labute approximate surface area is 138 Å². The van der Waals surface area contributed by atoms with Gasteiger partial charge in [-0.3, -0.25) is 4.72 Å². The Morgan fingerprint density at radius 2 is 1.74 bits per heavy atom. The highest BCUT2D eigenvalue weighted by atomic mass is 32.2. The highest BCUT2D eigenvalue weighted by Gasteiger charge is 2.16. The van der Waals surface area contributed by atoms with Crippen molar-refractivity contribution < 1.29 is 13.2 Å². The third kappa shape index (κ3) is 4.05. The Hall–Kier alpha value is -2.01. The molecule has 0 aliphatic heterocycles. The van der Waals surface area contributed by atoms with Crippen LogP contribution in [0.2, 0.25) is 0 Å². The minimum Gasteiger partial charge on any atom is -0.496 e. The van der Waals surface area contributed by atoms with Crippen LogP contribution in [-0.4, -0.2) is 15.5 Å². The van der Waals surface area contributed by atoms with E-state index < -0.39 is 10.0 Å². The molecule has 0 aromatic heterocycles. The molecule has 2 aromatic rings. The monoisotopic (exact) mass is 333 g/mol. The van der Waals surface area contributed by atoms with Gasteiger partial charge in [0.05, 0.1) is 12.0 Å². The number of hydrogen-bond acceptors (Lipinski definition) is 3. The van der Waals surface area contributed by atoms with Crippen molar-refractivity contribution in [1.82, 2.24) is 0 Å². The zero-order chi connectivity index (χ0) is 17.0. The SMILES string of the molecule is CCc1cc(S(=O)(=O)Nc2ccc(C(C)C)cc2)ccc1OC. The summed E-state index contributed by atoms with van der Waals surface area (Å²) in [5, 5.41) is 0. The van der Waals surface area contributed by atoms with Crippen LogP contribution in [0.15, 0.2) is 47.4 Å². The van der Waals surface area contributed by atoms with Crippen LogP contribution in [0, 0.1) is 0 Å². The van der Waals surface area contributed by atoms with Gasteiger partial charge in [-0.2, -0.15) is 0 Å².